The Morgan fingerprint density at radius 2 is 1.32 bits per heavy atom. The van der Waals surface area contributed by atoms with E-state index in [2.05, 4.69) is 53.0 Å². The van der Waals surface area contributed by atoms with Crippen molar-refractivity contribution in [1.82, 2.24) is 0 Å². The van der Waals surface area contributed by atoms with Crippen molar-refractivity contribution in [2.75, 3.05) is 0 Å². The molecule has 0 aliphatic rings. The topological polar surface area (TPSA) is 26.3 Å². The minimum atomic E-state index is -1.83. The van der Waals surface area contributed by atoms with E-state index in [1.807, 2.05) is 20.8 Å². The van der Waals surface area contributed by atoms with Gasteiger partial charge in [0.15, 0.2) is 0 Å². The zero-order valence-corrected chi connectivity index (χ0v) is 15.0. The molecule has 0 heterocycles. The van der Waals surface area contributed by atoms with Gasteiger partial charge in [-0.15, -0.1) is 5.54 Å². The summed E-state index contributed by atoms with van der Waals surface area (Å²) in [7, 11) is -1.83. The first-order valence-electron chi connectivity index (χ1n) is 7.19. The fourth-order valence-corrected chi connectivity index (χ4v) is 8.08. The van der Waals surface area contributed by atoms with Crippen LogP contribution in [0.1, 0.15) is 62.3 Å². The molecule has 0 rings (SSSR count). The number of ether oxygens (including phenoxy) is 1. The summed E-state index contributed by atoms with van der Waals surface area (Å²) in [6, 6.07) is 0. The van der Waals surface area contributed by atoms with Crippen LogP contribution in [0.2, 0.25) is 16.6 Å². The number of hydrogen-bond donors (Lipinski definition) is 0. The Morgan fingerprint density at radius 1 is 0.947 bits per heavy atom. The minimum absolute atomic E-state index is 0.397. The van der Waals surface area contributed by atoms with Crippen LogP contribution in [0.4, 0.5) is 0 Å². The van der Waals surface area contributed by atoms with Crippen LogP contribution >= 0.6 is 0 Å². The monoisotopic (exact) mass is 282 g/mol. The van der Waals surface area contributed by atoms with E-state index in [4.69, 9.17) is 4.74 Å². The van der Waals surface area contributed by atoms with Gasteiger partial charge in [0.25, 0.3) is 0 Å². The minimum Gasteiger partial charge on any atom is -0.450 e. The fourth-order valence-electron chi connectivity index (χ4n) is 2.90. The number of rotatable bonds is 3. The van der Waals surface area contributed by atoms with Gasteiger partial charge < -0.3 is 4.74 Å². The predicted octanol–water partition coefficient (Wildman–Crippen LogP) is 4.55. The second-order valence-corrected chi connectivity index (χ2v) is 12.7. The molecule has 0 aliphatic heterocycles. The lowest BCUT2D eigenvalue weighted by atomic mass is 10.2. The lowest BCUT2D eigenvalue weighted by Gasteiger charge is -2.37. The first-order valence-corrected chi connectivity index (χ1v) is 9.42. The van der Waals surface area contributed by atoms with Crippen molar-refractivity contribution in [2.24, 2.45) is 0 Å². The standard InChI is InChI=1S/C16H30O2Si/c1-12(2)19(13(3)4,14(5)6)11-10-15(17)18-16(7,8)9/h12-14H,1-9H3. The van der Waals surface area contributed by atoms with Gasteiger partial charge in [0.05, 0.1) is 0 Å². The molecule has 0 saturated heterocycles. The van der Waals surface area contributed by atoms with E-state index in [1.165, 1.54) is 0 Å². The Morgan fingerprint density at radius 3 is 1.58 bits per heavy atom. The highest BCUT2D eigenvalue weighted by Gasteiger charge is 2.41. The molecule has 0 N–H and O–H groups in total. The van der Waals surface area contributed by atoms with Gasteiger partial charge in [-0.1, -0.05) is 41.5 Å². The molecule has 0 fully saturated rings. The van der Waals surface area contributed by atoms with Crippen molar-refractivity contribution >= 4 is 14.0 Å². The molecule has 0 amide bonds. The maximum Gasteiger partial charge on any atom is 0.384 e. The first kappa shape index (κ1) is 18.2. The third-order valence-corrected chi connectivity index (χ3v) is 9.94. The highest BCUT2D eigenvalue weighted by atomic mass is 28.3. The van der Waals surface area contributed by atoms with Crippen molar-refractivity contribution in [3.05, 3.63) is 0 Å². The van der Waals surface area contributed by atoms with Gasteiger partial charge in [0, 0.05) is 5.92 Å². The molecule has 0 atom stereocenters. The van der Waals surface area contributed by atoms with E-state index in [-0.39, 0.29) is 0 Å². The molecule has 0 aromatic carbocycles. The quantitative estimate of drug-likeness (QED) is 0.431. The van der Waals surface area contributed by atoms with Crippen LogP contribution in [0.25, 0.3) is 0 Å². The fraction of sp³-hybridized carbons (Fsp3) is 0.812. The van der Waals surface area contributed by atoms with Gasteiger partial charge in [-0.05, 0) is 37.4 Å². The molecule has 0 radical (unpaired) electrons. The van der Waals surface area contributed by atoms with E-state index in [0.717, 1.165) is 0 Å². The van der Waals surface area contributed by atoms with Crippen molar-refractivity contribution < 1.29 is 9.53 Å². The Hall–Kier alpha value is -0.753. The molecule has 3 heteroatoms. The van der Waals surface area contributed by atoms with Gasteiger partial charge in [-0.2, -0.15) is 0 Å². The Bertz CT molecular complexity index is 343. The van der Waals surface area contributed by atoms with E-state index in [1.54, 1.807) is 0 Å². The Labute approximate surface area is 120 Å². The third-order valence-electron chi connectivity index (χ3n) is 3.65. The molecule has 19 heavy (non-hydrogen) atoms. The first-order chi connectivity index (χ1) is 8.43. The van der Waals surface area contributed by atoms with E-state index in [9.17, 15) is 4.79 Å². The average Bonchev–Trinajstić information content (AvgIpc) is 2.13. The Balaban J connectivity index is 5.32. The molecule has 0 unspecified atom stereocenters. The van der Waals surface area contributed by atoms with E-state index in [0.29, 0.717) is 16.6 Å². The van der Waals surface area contributed by atoms with Crippen LogP contribution in [0.15, 0.2) is 0 Å². The van der Waals surface area contributed by atoms with Crippen molar-refractivity contribution in [3.63, 3.8) is 0 Å². The lowest BCUT2D eigenvalue weighted by molar-refractivity contribution is -0.147. The van der Waals surface area contributed by atoms with Crippen LogP contribution in [-0.2, 0) is 9.53 Å². The zero-order valence-electron chi connectivity index (χ0n) is 14.0. The summed E-state index contributed by atoms with van der Waals surface area (Å²) in [5.41, 5.74) is 4.49. The summed E-state index contributed by atoms with van der Waals surface area (Å²) in [6.45, 7) is 19.0. The van der Waals surface area contributed by atoms with Gasteiger partial charge in [0.1, 0.15) is 13.7 Å². The van der Waals surface area contributed by atoms with Gasteiger partial charge >= 0.3 is 5.97 Å². The van der Waals surface area contributed by atoms with Gasteiger partial charge in [-0.25, -0.2) is 4.79 Å². The summed E-state index contributed by atoms with van der Waals surface area (Å²) in [4.78, 5) is 11.8. The summed E-state index contributed by atoms with van der Waals surface area (Å²) in [5, 5.41) is 0. The molecule has 0 aliphatic carbocycles. The van der Waals surface area contributed by atoms with Gasteiger partial charge in [0.2, 0.25) is 0 Å². The number of hydrogen-bond acceptors (Lipinski definition) is 2. The highest BCUT2D eigenvalue weighted by molar-refractivity contribution is 6.90. The molecule has 110 valence electrons. The summed E-state index contributed by atoms with van der Waals surface area (Å²) < 4.78 is 5.28. The van der Waals surface area contributed by atoms with Crippen LogP contribution in [0.5, 0.6) is 0 Å². The van der Waals surface area contributed by atoms with E-state index < -0.39 is 19.6 Å². The predicted molar refractivity (Wildman–Crippen MR) is 84.7 cm³/mol. The third kappa shape index (κ3) is 5.02. The van der Waals surface area contributed by atoms with Crippen molar-refractivity contribution in [2.45, 2.75) is 84.5 Å². The summed E-state index contributed by atoms with van der Waals surface area (Å²) in [5.74, 6) is 2.38. The molecule has 2 nitrogen and oxygen atoms in total. The molecule has 0 aromatic rings. The SMILES string of the molecule is CC(C)[Si](C#CC(=O)OC(C)(C)C)(C(C)C)C(C)C. The normalized spacial score (nSPS) is 12.6. The maximum atomic E-state index is 11.8. The summed E-state index contributed by atoms with van der Waals surface area (Å²) >= 11 is 0. The molecule has 0 bridgehead atoms. The highest BCUT2D eigenvalue weighted by Crippen LogP contribution is 2.40. The van der Waals surface area contributed by atoms with Crippen molar-refractivity contribution in [1.29, 1.82) is 0 Å². The second kappa shape index (κ2) is 6.61. The number of carbonyl (C=O) groups excluding carboxylic acids is 1. The number of carbonyl (C=O) groups is 1. The summed E-state index contributed by atoms with van der Waals surface area (Å²) in [6.07, 6.45) is 0. The molecule has 0 aromatic heterocycles. The van der Waals surface area contributed by atoms with Crippen LogP contribution in [0.3, 0.4) is 0 Å². The van der Waals surface area contributed by atoms with Gasteiger partial charge in [-0.3, -0.25) is 0 Å². The molecule has 0 saturated carbocycles. The Kier molecular flexibility index (Phi) is 6.35. The van der Waals surface area contributed by atoms with Crippen LogP contribution in [-0.4, -0.2) is 19.6 Å². The van der Waals surface area contributed by atoms with E-state index >= 15 is 0 Å². The average molecular weight is 282 g/mol. The largest absolute Gasteiger partial charge is 0.450 e. The van der Waals surface area contributed by atoms with Crippen molar-refractivity contribution in [3.8, 4) is 11.5 Å². The van der Waals surface area contributed by atoms with Crippen LogP contribution in [0, 0.1) is 11.5 Å². The smallest absolute Gasteiger partial charge is 0.384 e. The maximum absolute atomic E-state index is 11.8. The molecule has 0 spiro atoms. The van der Waals surface area contributed by atoms with Crippen LogP contribution < -0.4 is 0 Å². The number of esters is 1. The molecular weight excluding hydrogens is 252 g/mol. The lowest BCUT2D eigenvalue weighted by Crippen LogP contribution is -2.43. The second-order valence-electron chi connectivity index (χ2n) is 7.15. The zero-order chi connectivity index (χ0) is 15.4. The molecular formula is C16H30O2Si.